The number of allylic oxidation sites excluding steroid dienone is 2. The normalized spacial score (nSPS) is 10.5. The Kier molecular flexibility index (Phi) is 2.37. The maximum absolute atomic E-state index is 5.52. The minimum atomic E-state index is 0.374. The van der Waals surface area contributed by atoms with Gasteiger partial charge in [-0.25, -0.2) is 9.97 Å². The molecule has 0 saturated heterocycles. The van der Waals surface area contributed by atoms with Crippen molar-refractivity contribution in [2.75, 3.05) is 5.73 Å². The van der Waals surface area contributed by atoms with Crippen LogP contribution in [-0.2, 0) is 6.42 Å². The zero-order valence-electron chi connectivity index (χ0n) is 8.78. The van der Waals surface area contributed by atoms with Crippen molar-refractivity contribution in [3.05, 3.63) is 23.7 Å². The summed E-state index contributed by atoms with van der Waals surface area (Å²) < 4.78 is 0. The first-order valence-corrected chi connectivity index (χ1v) is 4.75. The summed E-state index contributed by atoms with van der Waals surface area (Å²) in [5, 5.41) is 0. The van der Waals surface area contributed by atoms with E-state index in [1.54, 1.807) is 6.20 Å². The van der Waals surface area contributed by atoms with Gasteiger partial charge < -0.3 is 10.7 Å². The van der Waals surface area contributed by atoms with Crippen LogP contribution in [-0.4, -0.2) is 19.9 Å². The van der Waals surface area contributed by atoms with Gasteiger partial charge in [0.1, 0.15) is 11.3 Å². The average molecular weight is 203 g/mol. The molecule has 2 rings (SSSR count). The maximum Gasteiger partial charge on any atom is 0.200 e. The molecular formula is C10H13N5. The topological polar surface area (TPSA) is 80.5 Å². The predicted octanol–water partition coefficient (Wildman–Crippen LogP) is 1.44. The summed E-state index contributed by atoms with van der Waals surface area (Å²) in [6, 6.07) is 0. The summed E-state index contributed by atoms with van der Waals surface area (Å²) in [6.07, 6.45) is 4.52. The number of aromatic nitrogens is 4. The Hall–Kier alpha value is -1.91. The molecule has 0 fully saturated rings. The van der Waals surface area contributed by atoms with E-state index in [0.717, 1.165) is 17.8 Å². The van der Waals surface area contributed by atoms with Crippen molar-refractivity contribution in [1.82, 2.24) is 19.9 Å². The van der Waals surface area contributed by atoms with E-state index in [-0.39, 0.29) is 0 Å². The molecule has 2 aromatic heterocycles. The number of nitrogens with zero attached hydrogens (tertiary/aromatic N) is 3. The Bertz CT molecular complexity index is 508. The number of nitrogens with two attached hydrogens (primary N) is 1. The minimum absolute atomic E-state index is 0.374. The van der Waals surface area contributed by atoms with Gasteiger partial charge in [-0.05, 0) is 13.8 Å². The zero-order valence-corrected chi connectivity index (χ0v) is 8.78. The third-order valence-corrected chi connectivity index (χ3v) is 2.00. The van der Waals surface area contributed by atoms with E-state index in [9.17, 15) is 0 Å². The molecule has 0 aliphatic heterocycles. The Labute approximate surface area is 87.5 Å². The van der Waals surface area contributed by atoms with Crippen molar-refractivity contribution in [1.29, 1.82) is 0 Å². The molecule has 15 heavy (non-hydrogen) atoms. The van der Waals surface area contributed by atoms with E-state index in [1.807, 2.05) is 13.8 Å². The molecule has 5 nitrogen and oxygen atoms in total. The van der Waals surface area contributed by atoms with E-state index in [1.165, 1.54) is 5.57 Å². The number of nitrogens with one attached hydrogen (secondary N) is 1. The number of hydrogen-bond donors (Lipinski definition) is 2. The Balaban J connectivity index is 2.34. The van der Waals surface area contributed by atoms with Crippen LogP contribution in [0.5, 0.6) is 0 Å². The van der Waals surface area contributed by atoms with Gasteiger partial charge >= 0.3 is 0 Å². The molecule has 78 valence electrons. The molecule has 2 heterocycles. The second-order valence-electron chi connectivity index (χ2n) is 3.63. The SMILES string of the molecule is CC(C)=CCc1ncc2[nH]c(N)nc2n1. The van der Waals surface area contributed by atoms with Crippen molar-refractivity contribution >= 4 is 17.1 Å². The van der Waals surface area contributed by atoms with Gasteiger partial charge in [-0.15, -0.1) is 0 Å². The summed E-state index contributed by atoms with van der Waals surface area (Å²) in [5.41, 5.74) is 8.16. The van der Waals surface area contributed by atoms with Crippen LogP contribution in [0.15, 0.2) is 17.8 Å². The third kappa shape index (κ3) is 2.12. The monoisotopic (exact) mass is 203 g/mol. The van der Waals surface area contributed by atoms with Crippen LogP contribution in [0.1, 0.15) is 19.7 Å². The molecule has 2 aromatic rings. The molecule has 5 heteroatoms. The fourth-order valence-electron chi connectivity index (χ4n) is 1.26. The summed E-state index contributed by atoms with van der Waals surface area (Å²) in [4.78, 5) is 15.4. The van der Waals surface area contributed by atoms with Gasteiger partial charge in [-0.2, -0.15) is 4.98 Å². The molecule has 0 amide bonds. The average Bonchev–Trinajstić information content (AvgIpc) is 2.53. The molecule has 0 aromatic carbocycles. The van der Waals surface area contributed by atoms with E-state index >= 15 is 0 Å². The van der Waals surface area contributed by atoms with Crippen LogP contribution in [0, 0.1) is 0 Å². The van der Waals surface area contributed by atoms with Crippen molar-refractivity contribution in [2.45, 2.75) is 20.3 Å². The van der Waals surface area contributed by atoms with Gasteiger partial charge in [0.2, 0.25) is 0 Å². The summed E-state index contributed by atoms with van der Waals surface area (Å²) in [6.45, 7) is 4.09. The van der Waals surface area contributed by atoms with Gasteiger partial charge in [0.05, 0.1) is 6.20 Å². The maximum atomic E-state index is 5.52. The lowest BCUT2D eigenvalue weighted by atomic mass is 10.2. The second-order valence-corrected chi connectivity index (χ2v) is 3.63. The van der Waals surface area contributed by atoms with E-state index in [2.05, 4.69) is 26.0 Å². The van der Waals surface area contributed by atoms with E-state index in [0.29, 0.717) is 11.6 Å². The molecule has 3 N–H and O–H groups in total. The molecule has 0 aliphatic carbocycles. The standard InChI is InChI=1S/C10H13N5/c1-6(2)3-4-8-12-5-7-9(14-8)15-10(11)13-7/h3,5H,4H2,1-2H3,(H3,11,12,13,14,15). The van der Waals surface area contributed by atoms with E-state index in [4.69, 9.17) is 5.73 Å². The summed E-state index contributed by atoms with van der Waals surface area (Å²) in [7, 11) is 0. The lowest BCUT2D eigenvalue weighted by Gasteiger charge is -1.94. The van der Waals surface area contributed by atoms with E-state index < -0.39 is 0 Å². The first-order chi connectivity index (χ1) is 7.15. The fraction of sp³-hybridized carbons (Fsp3) is 0.300. The zero-order chi connectivity index (χ0) is 10.8. The van der Waals surface area contributed by atoms with Gasteiger partial charge in [0, 0.05) is 6.42 Å². The highest BCUT2D eigenvalue weighted by molar-refractivity contribution is 5.71. The highest BCUT2D eigenvalue weighted by Gasteiger charge is 2.02. The number of imidazole rings is 1. The summed E-state index contributed by atoms with van der Waals surface area (Å²) in [5.74, 6) is 1.13. The Morgan fingerprint density at radius 3 is 3.00 bits per heavy atom. The summed E-state index contributed by atoms with van der Waals surface area (Å²) >= 11 is 0. The van der Waals surface area contributed by atoms with Crippen molar-refractivity contribution < 1.29 is 0 Å². The largest absolute Gasteiger partial charge is 0.369 e. The molecule has 0 radical (unpaired) electrons. The second kappa shape index (κ2) is 3.68. The van der Waals surface area contributed by atoms with Gasteiger partial charge in [-0.3, -0.25) is 0 Å². The van der Waals surface area contributed by atoms with Crippen LogP contribution in [0.25, 0.3) is 11.2 Å². The lowest BCUT2D eigenvalue weighted by molar-refractivity contribution is 1.00. The first kappa shape index (κ1) is 9.64. The molecule has 0 atom stereocenters. The highest BCUT2D eigenvalue weighted by Crippen LogP contribution is 2.09. The van der Waals surface area contributed by atoms with Gasteiger partial charge in [0.25, 0.3) is 0 Å². The van der Waals surface area contributed by atoms with Crippen LogP contribution >= 0.6 is 0 Å². The van der Waals surface area contributed by atoms with Gasteiger partial charge in [0.15, 0.2) is 11.6 Å². The number of hydrogen-bond acceptors (Lipinski definition) is 4. The minimum Gasteiger partial charge on any atom is -0.369 e. The number of fused-ring (bicyclic) bond motifs is 1. The number of nitrogen functional groups attached to an aromatic ring is 1. The molecular weight excluding hydrogens is 190 g/mol. The third-order valence-electron chi connectivity index (χ3n) is 2.00. The first-order valence-electron chi connectivity index (χ1n) is 4.75. The Morgan fingerprint density at radius 1 is 1.47 bits per heavy atom. The molecule has 0 spiro atoms. The number of anilines is 1. The smallest absolute Gasteiger partial charge is 0.200 e. The molecule has 0 bridgehead atoms. The predicted molar refractivity (Wildman–Crippen MR) is 59.2 cm³/mol. The van der Waals surface area contributed by atoms with Crippen LogP contribution in [0.4, 0.5) is 5.95 Å². The Morgan fingerprint density at radius 2 is 2.27 bits per heavy atom. The van der Waals surface area contributed by atoms with Crippen LogP contribution in [0.3, 0.4) is 0 Å². The lowest BCUT2D eigenvalue weighted by Crippen LogP contribution is -1.93. The molecule has 0 unspecified atom stereocenters. The van der Waals surface area contributed by atoms with Crippen LogP contribution < -0.4 is 5.73 Å². The van der Waals surface area contributed by atoms with Crippen LogP contribution in [0.2, 0.25) is 0 Å². The van der Waals surface area contributed by atoms with Crippen molar-refractivity contribution in [2.24, 2.45) is 0 Å². The number of H-pyrrole nitrogens is 1. The number of aromatic amines is 1. The van der Waals surface area contributed by atoms with Crippen molar-refractivity contribution in [3.8, 4) is 0 Å². The quantitative estimate of drug-likeness (QED) is 0.724. The molecule has 0 aliphatic rings. The fourth-order valence-corrected chi connectivity index (χ4v) is 1.26. The van der Waals surface area contributed by atoms with Gasteiger partial charge in [-0.1, -0.05) is 11.6 Å². The van der Waals surface area contributed by atoms with Crippen molar-refractivity contribution in [3.63, 3.8) is 0 Å². The number of rotatable bonds is 2. The molecule has 0 saturated carbocycles. The highest BCUT2D eigenvalue weighted by atomic mass is 15.1.